The number of benzene rings is 1. The summed E-state index contributed by atoms with van der Waals surface area (Å²) < 4.78 is 14.6. The van der Waals surface area contributed by atoms with Gasteiger partial charge in [-0.3, -0.25) is 4.79 Å². The first-order valence-electron chi connectivity index (χ1n) is 9.00. The molecule has 0 unspecified atom stereocenters. The van der Waals surface area contributed by atoms with E-state index in [-0.39, 0.29) is 11.7 Å². The monoisotopic (exact) mass is 331 g/mol. The van der Waals surface area contributed by atoms with Crippen molar-refractivity contribution in [2.24, 2.45) is 5.92 Å². The molecule has 1 saturated carbocycles. The number of piperazine rings is 1. The van der Waals surface area contributed by atoms with Crippen LogP contribution in [-0.4, -0.2) is 43.2 Å². The summed E-state index contributed by atoms with van der Waals surface area (Å²) in [6, 6.07) is 5.37. The molecule has 1 aliphatic carbocycles. The predicted octanol–water partition coefficient (Wildman–Crippen LogP) is 3.25. The van der Waals surface area contributed by atoms with E-state index in [1.165, 1.54) is 25.5 Å². The van der Waals surface area contributed by atoms with Crippen LogP contribution in [0.2, 0.25) is 0 Å². The molecule has 2 fully saturated rings. The summed E-state index contributed by atoms with van der Waals surface area (Å²) >= 11 is 0. The Morgan fingerprint density at radius 3 is 2.54 bits per heavy atom. The van der Waals surface area contributed by atoms with E-state index in [0.717, 1.165) is 12.8 Å². The van der Waals surface area contributed by atoms with Crippen molar-refractivity contribution in [1.82, 2.24) is 4.90 Å². The summed E-state index contributed by atoms with van der Waals surface area (Å²) in [6.07, 6.45) is 7.19. The van der Waals surface area contributed by atoms with Crippen molar-refractivity contribution in [3.63, 3.8) is 0 Å². The first kappa shape index (κ1) is 16.9. The molecule has 0 bridgehead atoms. The van der Waals surface area contributed by atoms with Gasteiger partial charge < -0.3 is 15.2 Å². The fraction of sp³-hybridized carbons (Fsp3) is 0.579. The van der Waals surface area contributed by atoms with E-state index in [0.29, 0.717) is 49.8 Å². The number of halogens is 1. The maximum atomic E-state index is 14.6. The molecule has 0 atom stereocenters. The number of hydrogen-bond acceptors (Lipinski definition) is 3. The summed E-state index contributed by atoms with van der Waals surface area (Å²) in [7, 11) is 0. The van der Waals surface area contributed by atoms with E-state index in [4.69, 9.17) is 5.41 Å². The largest absolute Gasteiger partial charge is 0.366 e. The van der Waals surface area contributed by atoms with Crippen LogP contribution in [-0.2, 0) is 11.2 Å². The van der Waals surface area contributed by atoms with Gasteiger partial charge in [0, 0.05) is 38.5 Å². The molecule has 1 amide bonds. The molecule has 0 aromatic heterocycles. The first-order chi connectivity index (χ1) is 11.7. The van der Waals surface area contributed by atoms with Crippen molar-refractivity contribution in [1.29, 1.82) is 5.41 Å². The molecule has 2 aliphatic rings. The Kier molecular flexibility index (Phi) is 5.48. The summed E-state index contributed by atoms with van der Waals surface area (Å²) in [5.41, 5.74) is 1.15. The lowest BCUT2D eigenvalue weighted by Gasteiger charge is -2.38. The molecule has 1 heterocycles. The summed E-state index contributed by atoms with van der Waals surface area (Å²) in [4.78, 5) is 16.6. The van der Waals surface area contributed by atoms with Crippen LogP contribution < -0.4 is 4.90 Å². The highest BCUT2D eigenvalue weighted by Crippen LogP contribution is 2.27. The van der Waals surface area contributed by atoms with Crippen molar-refractivity contribution < 1.29 is 9.18 Å². The lowest BCUT2D eigenvalue weighted by atomic mass is 9.88. The smallest absolute Gasteiger partial charge is 0.225 e. The number of nitrogens with zero attached hydrogens (tertiary/aromatic N) is 2. The normalized spacial score (nSPS) is 19.4. The second-order valence-corrected chi connectivity index (χ2v) is 6.81. The second-order valence-electron chi connectivity index (χ2n) is 6.81. The zero-order valence-corrected chi connectivity index (χ0v) is 14.1. The Hall–Kier alpha value is -1.91. The summed E-state index contributed by atoms with van der Waals surface area (Å²) in [6.45, 7) is 2.68. The zero-order chi connectivity index (χ0) is 16.9. The fourth-order valence-corrected chi connectivity index (χ4v) is 3.85. The maximum Gasteiger partial charge on any atom is 0.225 e. The Morgan fingerprint density at radius 1 is 1.17 bits per heavy atom. The van der Waals surface area contributed by atoms with E-state index in [2.05, 4.69) is 0 Å². The van der Waals surface area contributed by atoms with Crippen molar-refractivity contribution in [2.45, 2.75) is 38.5 Å². The molecule has 1 saturated heterocycles. The Morgan fingerprint density at radius 2 is 1.88 bits per heavy atom. The number of anilines is 1. The number of rotatable bonds is 4. The molecule has 4 nitrogen and oxygen atoms in total. The molecule has 24 heavy (non-hydrogen) atoms. The highest BCUT2D eigenvalue weighted by Gasteiger charge is 2.29. The predicted molar refractivity (Wildman–Crippen MR) is 94.3 cm³/mol. The molecule has 1 N–H and O–H groups in total. The average molecular weight is 331 g/mol. The molecular weight excluding hydrogens is 305 g/mol. The SMILES string of the molecule is N=CCc1cccc(N2CCN(C(=O)C3CCCCC3)CC2)c1F. The van der Waals surface area contributed by atoms with E-state index in [1.807, 2.05) is 15.9 Å². The van der Waals surface area contributed by atoms with E-state index >= 15 is 0 Å². The van der Waals surface area contributed by atoms with Crippen LogP contribution in [0.5, 0.6) is 0 Å². The van der Waals surface area contributed by atoms with Gasteiger partial charge in [0.2, 0.25) is 5.91 Å². The molecule has 1 aromatic rings. The van der Waals surface area contributed by atoms with Crippen LogP contribution >= 0.6 is 0 Å². The van der Waals surface area contributed by atoms with Gasteiger partial charge >= 0.3 is 0 Å². The Balaban J connectivity index is 1.61. The first-order valence-corrected chi connectivity index (χ1v) is 9.00. The van der Waals surface area contributed by atoms with Crippen molar-refractivity contribution in [3.05, 3.63) is 29.6 Å². The van der Waals surface area contributed by atoms with Gasteiger partial charge in [0.15, 0.2) is 0 Å². The van der Waals surface area contributed by atoms with Gasteiger partial charge in [0.05, 0.1) is 5.69 Å². The third-order valence-electron chi connectivity index (χ3n) is 5.27. The van der Waals surface area contributed by atoms with Crippen molar-refractivity contribution in [2.75, 3.05) is 31.1 Å². The third-order valence-corrected chi connectivity index (χ3v) is 5.27. The topological polar surface area (TPSA) is 47.4 Å². The highest BCUT2D eigenvalue weighted by molar-refractivity contribution is 5.79. The average Bonchev–Trinajstić information content (AvgIpc) is 2.64. The number of carbonyl (C=O) groups excluding carboxylic acids is 1. The van der Waals surface area contributed by atoms with Gasteiger partial charge in [-0.15, -0.1) is 0 Å². The summed E-state index contributed by atoms with van der Waals surface area (Å²) in [5, 5.41) is 7.17. The lowest BCUT2D eigenvalue weighted by molar-refractivity contribution is -0.136. The van der Waals surface area contributed by atoms with Crippen LogP contribution in [0.25, 0.3) is 0 Å². The maximum absolute atomic E-state index is 14.6. The third kappa shape index (κ3) is 3.60. The van der Waals surface area contributed by atoms with Gasteiger partial charge in [0.25, 0.3) is 0 Å². The molecule has 0 spiro atoms. The van der Waals surface area contributed by atoms with Gasteiger partial charge in [-0.25, -0.2) is 4.39 Å². The molecule has 3 rings (SSSR count). The summed E-state index contributed by atoms with van der Waals surface area (Å²) in [5.74, 6) is 0.276. The van der Waals surface area contributed by atoms with Gasteiger partial charge in [-0.1, -0.05) is 31.4 Å². The number of hydrogen-bond donors (Lipinski definition) is 1. The van der Waals surface area contributed by atoms with Gasteiger partial charge in [0.1, 0.15) is 5.82 Å². The molecular formula is C19H26FN3O. The van der Waals surface area contributed by atoms with E-state index in [9.17, 15) is 9.18 Å². The minimum Gasteiger partial charge on any atom is -0.366 e. The van der Waals surface area contributed by atoms with Crippen molar-refractivity contribution in [3.8, 4) is 0 Å². The molecule has 1 aliphatic heterocycles. The fourth-order valence-electron chi connectivity index (χ4n) is 3.85. The van der Waals surface area contributed by atoms with Crippen LogP contribution in [0.15, 0.2) is 18.2 Å². The quantitative estimate of drug-likeness (QED) is 0.861. The van der Waals surface area contributed by atoms with Gasteiger partial charge in [-0.2, -0.15) is 0 Å². The molecule has 0 radical (unpaired) electrons. The standard InChI is InChI=1S/C19H26FN3O/c20-18-15(9-10-21)7-4-8-17(18)22-11-13-23(14-12-22)19(24)16-5-2-1-3-6-16/h4,7-8,10,16,21H,1-3,5-6,9,11-14H2. The van der Waals surface area contributed by atoms with Crippen LogP contribution in [0, 0.1) is 17.1 Å². The Labute approximate surface area is 143 Å². The van der Waals surface area contributed by atoms with E-state index in [1.54, 1.807) is 12.1 Å². The number of nitrogens with one attached hydrogen (secondary N) is 1. The Bertz CT molecular complexity index is 590. The van der Waals surface area contributed by atoms with E-state index < -0.39 is 0 Å². The molecule has 1 aromatic carbocycles. The van der Waals surface area contributed by atoms with Crippen LogP contribution in [0.1, 0.15) is 37.7 Å². The number of carbonyl (C=O) groups is 1. The molecule has 5 heteroatoms. The van der Waals surface area contributed by atoms with Crippen molar-refractivity contribution >= 4 is 17.8 Å². The second kappa shape index (κ2) is 7.77. The van der Waals surface area contributed by atoms with Crippen LogP contribution in [0.4, 0.5) is 10.1 Å². The van der Waals surface area contributed by atoms with Gasteiger partial charge in [-0.05, 0) is 30.7 Å². The highest BCUT2D eigenvalue weighted by atomic mass is 19.1. The minimum atomic E-state index is -0.229. The molecule has 130 valence electrons. The lowest BCUT2D eigenvalue weighted by Crippen LogP contribution is -2.50. The minimum absolute atomic E-state index is 0.206. The van der Waals surface area contributed by atoms with Crippen LogP contribution in [0.3, 0.4) is 0 Å². The number of amides is 1. The zero-order valence-electron chi connectivity index (χ0n) is 14.1.